The number of rotatable bonds is 1. The molecule has 0 atom stereocenters. The summed E-state index contributed by atoms with van der Waals surface area (Å²) in [6.07, 6.45) is 4.22. The van der Waals surface area contributed by atoms with Crippen LogP contribution in [0.5, 0.6) is 5.88 Å². The lowest BCUT2D eigenvalue weighted by Gasteiger charge is -2.27. The number of hydrogen-bond acceptors (Lipinski definition) is 7. The zero-order valence-electron chi connectivity index (χ0n) is 9.80. The van der Waals surface area contributed by atoms with Crippen molar-refractivity contribution in [2.75, 3.05) is 12.4 Å². The van der Waals surface area contributed by atoms with Crippen molar-refractivity contribution in [1.29, 1.82) is 0 Å². The van der Waals surface area contributed by atoms with E-state index in [9.17, 15) is 0 Å². The zero-order chi connectivity index (χ0) is 12.5. The van der Waals surface area contributed by atoms with E-state index in [0.29, 0.717) is 11.6 Å². The fourth-order valence-electron chi connectivity index (χ4n) is 2.11. The Morgan fingerprint density at radius 1 is 1.44 bits per heavy atom. The van der Waals surface area contributed by atoms with Gasteiger partial charge in [0.15, 0.2) is 0 Å². The minimum atomic E-state index is 0.502. The molecule has 2 aliphatic rings. The first-order chi connectivity index (χ1) is 8.83. The molecule has 18 heavy (non-hydrogen) atoms. The molecule has 6 nitrogen and oxygen atoms in total. The molecular formula is C11H12N4O2S. The Morgan fingerprint density at radius 3 is 3.11 bits per heavy atom. The van der Waals surface area contributed by atoms with Gasteiger partial charge in [-0.25, -0.2) is 4.98 Å². The normalized spacial score (nSPS) is 20.2. The lowest BCUT2D eigenvalue weighted by Crippen LogP contribution is -2.21. The molecule has 1 aromatic heterocycles. The van der Waals surface area contributed by atoms with Gasteiger partial charge in [0.2, 0.25) is 5.88 Å². The molecule has 2 N–H and O–H groups in total. The molecule has 7 heteroatoms. The van der Waals surface area contributed by atoms with E-state index >= 15 is 0 Å². The van der Waals surface area contributed by atoms with Crippen LogP contribution in [0.15, 0.2) is 27.1 Å². The predicted octanol–water partition coefficient (Wildman–Crippen LogP) is 2.23. The van der Waals surface area contributed by atoms with Gasteiger partial charge >= 0.3 is 0 Å². The quantitative estimate of drug-likeness (QED) is 0.460. The van der Waals surface area contributed by atoms with Crippen molar-refractivity contribution >= 4 is 23.2 Å². The van der Waals surface area contributed by atoms with E-state index in [0.717, 1.165) is 40.6 Å². The lowest BCUT2D eigenvalue weighted by molar-refractivity contribution is 0.317. The number of nitrogens with one attached hydrogen (secondary N) is 1. The summed E-state index contributed by atoms with van der Waals surface area (Å²) in [7, 11) is 1.57. The number of allylic oxidation sites excluding steroid dienone is 2. The van der Waals surface area contributed by atoms with Gasteiger partial charge in [0.25, 0.3) is 0 Å². The zero-order valence-corrected chi connectivity index (χ0v) is 10.6. The van der Waals surface area contributed by atoms with Crippen LogP contribution in [-0.2, 0) is 0 Å². The first kappa shape index (κ1) is 11.3. The third-order valence-corrected chi connectivity index (χ3v) is 4.10. The van der Waals surface area contributed by atoms with Crippen molar-refractivity contribution in [3.8, 4) is 5.88 Å². The van der Waals surface area contributed by atoms with Crippen LogP contribution in [0.25, 0.3) is 0 Å². The van der Waals surface area contributed by atoms with Gasteiger partial charge < -0.3 is 15.3 Å². The minimum Gasteiger partial charge on any atom is -0.479 e. The molecule has 0 aromatic carbocycles. The number of thioether (sulfide) groups is 1. The van der Waals surface area contributed by atoms with E-state index in [-0.39, 0.29) is 0 Å². The van der Waals surface area contributed by atoms with E-state index in [1.807, 2.05) is 0 Å². The Morgan fingerprint density at radius 2 is 2.33 bits per heavy atom. The van der Waals surface area contributed by atoms with Gasteiger partial charge in [-0.15, -0.1) is 0 Å². The van der Waals surface area contributed by atoms with Crippen LogP contribution >= 0.6 is 11.8 Å². The summed E-state index contributed by atoms with van der Waals surface area (Å²) in [4.78, 5) is 9.46. The van der Waals surface area contributed by atoms with Crippen LogP contribution in [-0.4, -0.2) is 28.0 Å². The number of nitrogens with zero attached hydrogens (tertiary/aromatic N) is 3. The van der Waals surface area contributed by atoms with Gasteiger partial charge in [-0.1, -0.05) is 16.9 Å². The molecule has 0 unspecified atom stereocenters. The second-order valence-electron chi connectivity index (χ2n) is 3.99. The summed E-state index contributed by atoms with van der Waals surface area (Å²) in [5, 5.41) is 16.5. The van der Waals surface area contributed by atoms with Gasteiger partial charge in [0.1, 0.15) is 22.8 Å². The maximum absolute atomic E-state index is 9.05. The average Bonchev–Trinajstić information content (AvgIpc) is 2.43. The van der Waals surface area contributed by atoms with Crippen molar-refractivity contribution < 1.29 is 9.94 Å². The first-order valence-electron chi connectivity index (χ1n) is 5.61. The third kappa shape index (κ3) is 1.71. The monoisotopic (exact) mass is 264 g/mol. The lowest BCUT2D eigenvalue weighted by atomic mass is 10.0. The summed E-state index contributed by atoms with van der Waals surface area (Å²) >= 11 is 1.58. The van der Waals surface area contributed by atoms with Gasteiger partial charge in [0.05, 0.1) is 12.8 Å². The van der Waals surface area contributed by atoms with E-state index in [1.165, 1.54) is 6.33 Å². The molecule has 1 aliphatic heterocycles. The fraction of sp³-hybridized carbons (Fsp3) is 0.364. The number of anilines is 1. The Kier molecular flexibility index (Phi) is 2.83. The Bertz CT molecular complexity index is 556. The number of fused-ring (bicyclic) bond motifs is 1. The predicted molar refractivity (Wildman–Crippen MR) is 68.2 cm³/mol. The molecule has 0 bridgehead atoms. The smallest absolute Gasteiger partial charge is 0.241 e. The molecular weight excluding hydrogens is 252 g/mol. The number of aromatic nitrogens is 2. The molecule has 0 spiro atoms. The molecule has 1 aromatic rings. The number of oxime groups is 1. The summed E-state index contributed by atoms with van der Waals surface area (Å²) in [5.41, 5.74) is 2.29. The molecule has 1 aliphatic carbocycles. The first-order valence-corrected chi connectivity index (χ1v) is 6.43. The van der Waals surface area contributed by atoms with Crippen molar-refractivity contribution in [3.05, 3.63) is 16.9 Å². The van der Waals surface area contributed by atoms with Crippen LogP contribution < -0.4 is 10.1 Å². The minimum absolute atomic E-state index is 0.502. The van der Waals surface area contributed by atoms with Crippen LogP contribution in [0.4, 0.5) is 5.69 Å². The molecule has 3 rings (SSSR count). The highest BCUT2D eigenvalue weighted by Gasteiger charge is 2.28. The maximum Gasteiger partial charge on any atom is 0.241 e. The molecule has 0 saturated heterocycles. The highest BCUT2D eigenvalue weighted by molar-refractivity contribution is 8.03. The molecule has 0 radical (unpaired) electrons. The number of hydrogen-bond donors (Lipinski definition) is 2. The Balaban J connectivity index is 2.06. The topological polar surface area (TPSA) is 79.6 Å². The van der Waals surface area contributed by atoms with Crippen LogP contribution in [0.2, 0.25) is 0 Å². The molecule has 0 saturated carbocycles. The highest BCUT2D eigenvalue weighted by atomic mass is 32.2. The fourth-order valence-corrected chi connectivity index (χ4v) is 3.20. The van der Waals surface area contributed by atoms with E-state index in [2.05, 4.69) is 20.4 Å². The van der Waals surface area contributed by atoms with Crippen molar-refractivity contribution in [3.63, 3.8) is 0 Å². The highest BCUT2D eigenvalue weighted by Crippen LogP contribution is 2.45. The van der Waals surface area contributed by atoms with E-state index in [4.69, 9.17) is 9.94 Å². The van der Waals surface area contributed by atoms with E-state index in [1.54, 1.807) is 18.9 Å². The third-order valence-electron chi connectivity index (χ3n) is 2.95. The van der Waals surface area contributed by atoms with Crippen molar-refractivity contribution in [2.24, 2.45) is 5.16 Å². The largest absolute Gasteiger partial charge is 0.479 e. The molecule has 0 fully saturated rings. The molecule has 94 valence electrons. The summed E-state index contributed by atoms with van der Waals surface area (Å²) in [6, 6.07) is 0. The summed E-state index contributed by atoms with van der Waals surface area (Å²) in [5.74, 6) is 0.502. The molecule has 0 amide bonds. The van der Waals surface area contributed by atoms with Crippen molar-refractivity contribution in [2.45, 2.75) is 24.3 Å². The number of ether oxygens (including phenoxy) is 1. The van der Waals surface area contributed by atoms with Gasteiger partial charge in [-0.2, -0.15) is 4.98 Å². The standard InChI is InChI=1S/C11H12N4O2S/c1-17-10-9-11(13-5-12-10)18-7-4-2-3-6(15-16)8(7)14-9/h5,14,16H,2-4H2,1H3. The van der Waals surface area contributed by atoms with Crippen LogP contribution in [0, 0.1) is 0 Å². The Labute approximate surface area is 108 Å². The Hall–Kier alpha value is -1.76. The van der Waals surface area contributed by atoms with Crippen molar-refractivity contribution in [1.82, 2.24) is 9.97 Å². The van der Waals surface area contributed by atoms with Gasteiger partial charge in [-0.05, 0) is 19.3 Å². The SMILES string of the molecule is COc1ncnc2c1NC1=C(CCCC1=NO)S2. The van der Waals surface area contributed by atoms with Gasteiger partial charge in [-0.3, -0.25) is 0 Å². The summed E-state index contributed by atoms with van der Waals surface area (Å²) in [6.45, 7) is 0. The van der Waals surface area contributed by atoms with Gasteiger partial charge in [0, 0.05) is 4.91 Å². The second-order valence-corrected chi connectivity index (χ2v) is 5.07. The van der Waals surface area contributed by atoms with E-state index < -0.39 is 0 Å². The molecule has 2 heterocycles. The van der Waals surface area contributed by atoms with Crippen LogP contribution in [0.3, 0.4) is 0 Å². The average molecular weight is 264 g/mol. The second kappa shape index (κ2) is 4.49. The maximum atomic E-state index is 9.05. The summed E-state index contributed by atoms with van der Waals surface area (Å²) < 4.78 is 5.21. The number of methoxy groups -OCH3 is 1. The van der Waals surface area contributed by atoms with Crippen LogP contribution in [0.1, 0.15) is 19.3 Å².